The second kappa shape index (κ2) is 12.2. The number of carbonyl (C=O) groups excluding carboxylic acids is 3. The van der Waals surface area contributed by atoms with Crippen molar-refractivity contribution < 1.29 is 29.4 Å². The van der Waals surface area contributed by atoms with Crippen molar-refractivity contribution >= 4 is 36.3 Å². The molecule has 0 heterocycles. The van der Waals surface area contributed by atoms with E-state index in [1.807, 2.05) is 0 Å². The standard InChI is InChI=1S/C20H30N4O6S/c1-10(2)16(21)19(28)22-11(3)17(26)24-15(9-31)18(27)23-14(20(29)30)8-12-4-6-13(25)7-5-12/h4-7,10-11,14-16,25,31H,8-9,21H2,1-3H3,(H,22,28)(H,23,27)(H,24,26)(H,29,30). The molecule has 0 aliphatic carbocycles. The van der Waals surface area contributed by atoms with Crippen molar-refractivity contribution in [2.75, 3.05) is 5.75 Å². The van der Waals surface area contributed by atoms with E-state index >= 15 is 0 Å². The van der Waals surface area contributed by atoms with Crippen molar-refractivity contribution in [2.45, 2.75) is 51.4 Å². The number of phenolic OH excluding ortho intramolecular Hbond substituents is 1. The third-order valence-electron chi connectivity index (χ3n) is 4.58. The van der Waals surface area contributed by atoms with Crippen molar-refractivity contribution in [3.8, 4) is 5.75 Å². The number of hydrogen-bond donors (Lipinski definition) is 7. The van der Waals surface area contributed by atoms with Gasteiger partial charge in [-0.15, -0.1) is 0 Å². The number of aromatic hydroxyl groups is 1. The first-order chi connectivity index (χ1) is 14.5. The molecule has 4 unspecified atom stereocenters. The van der Waals surface area contributed by atoms with E-state index in [-0.39, 0.29) is 23.8 Å². The lowest BCUT2D eigenvalue weighted by molar-refractivity contribution is -0.142. The summed E-state index contributed by atoms with van der Waals surface area (Å²) in [6, 6.07) is 1.80. The number of rotatable bonds is 11. The molecule has 31 heavy (non-hydrogen) atoms. The highest BCUT2D eigenvalue weighted by Gasteiger charge is 2.28. The Morgan fingerprint density at radius 2 is 1.48 bits per heavy atom. The van der Waals surface area contributed by atoms with E-state index in [0.717, 1.165) is 0 Å². The van der Waals surface area contributed by atoms with Crippen LogP contribution in [0, 0.1) is 5.92 Å². The normalized spacial score (nSPS) is 14.8. The third kappa shape index (κ3) is 8.46. The molecule has 0 fully saturated rings. The van der Waals surface area contributed by atoms with Crippen LogP contribution in [0.2, 0.25) is 0 Å². The van der Waals surface area contributed by atoms with Gasteiger partial charge in [-0.1, -0.05) is 26.0 Å². The topological polar surface area (TPSA) is 171 Å². The van der Waals surface area contributed by atoms with E-state index in [2.05, 4.69) is 28.6 Å². The van der Waals surface area contributed by atoms with Crippen LogP contribution in [0.4, 0.5) is 0 Å². The maximum Gasteiger partial charge on any atom is 0.326 e. The van der Waals surface area contributed by atoms with Crippen LogP contribution in [0.25, 0.3) is 0 Å². The predicted octanol–water partition coefficient (Wildman–Crippen LogP) is -0.593. The lowest BCUT2D eigenvalue weighted by Crippen LogP contribution is -2.57. The van der Waals surface area contributed by atoms with E-state index < -0.39 is 47.9 Å². The summed E-state index contributed by atoms with van der Waals surface area (Å²) in [6.07, 6.45) is -0.0197. The van der Waals surface area contributed by atoms with Crippen molar-refractivity contribution in [2.24, 2.45) is 11.7 Å². The Kier molecular flexibility index (Phi) is 10.3. The first-order valence-electron chi connectivity index (χ1n) is 9.74. The van der Waals surface area contributed by atoms with Gasteiger partial charge in [-0.05, 0) is 30.5 Å². The Morgan fingerprint density at radius 3 is 1.97 bits per heavy atom. The van der Waals surface area contributed by atoms with Crippen molar-refractivity contribution in [3.63, 3.8) is 0 Å². The fraction of sp³-hybridized carbons (Fsp3) is 0.500. The second-order valence-electron chi connectivity index (χ2n) is 7.51. The van der Waals surface area contributed by atoms with Crippen LogP contribution >= 0.6 is 12.6 Å². The average Bonchev–Trinajstić information content (AvgIpc) is 2.71. The van der Waals surface area contributed by atoms with Gasteiger partial charge in [0, 0.05) is 12.2 Å². The zero-order valence-electron chi connectivity index (χ0n) is 17.7. The van der Waals surface area contributed by atoms with Crippen LogP contribution in [-0.2, 0) is 25.6 Å². The van der Waals surface area contributed by atoms with Crippen LogP contribution in [-0.4, -0.2) is 63.8 Å². The summed E-state index contributed by atoms with van der Waals surface area (Å²) < 4.78 is 0. The average molecular weight is 455 g/mol. The van der Waals surface area contributed by atoms with Crippen LogP contribution < -0.4 is 21.7 Å². The van der Waals surface area contributed by atoms with E-state index in [0.29, 0.717) is 5.56 Å². The molecular formula is C20H30N4O6S. The highest BCUT2D eigenvalue weighted by molar-refractivity contribution is 7.80. The van der Waals surface area contributed by atoms with Gasteiger partial charge < -0.3 is 31.9 Å². The van der Waals surface area contributed by atoms with Crippen LogP contribution in [0.15, 0.2) is 24.3 Å². The first-order valence-corrected chi connectivity index (χ1v) is 10.4. The van der Waals surface area contributed by atoms with Gasteiger partial charge in [0.2, 0.25) is 17.7 Å². The number of nitrogens with one attached hydrogen (secondary N) is 3. The van der Waals surface area contributed by atoms with Gasteiger partial charge in [-0.3, -0.25) is 14.4 Å². The number of phenols is 1. The molecule has 3 amide bonds. The summed E-state index contributed by atoms with van der Waals surface area (Å²) in [5, 5.41) is 26.1. The molecule has 11 heteroatoms. The van der Waals surface area contributed by atoms with Crippen molar-refractivity contribution in [3.05, 3.63) is 29.8 Å². The number of aliphatic carboxylic acids is 1. The molecular weight excluding hydrogens is 424 g/mol. The molecule has 4 atom stereocenters. The molecule has 0 aromatic heterocycles. The number of carboxylic acid groups (broad SMARTS) is 1. The number of nitrogens with two attached hydrogens (primary N) is 1. The van der Waals surface area contributed by atoms with Gasteiger partial charge in [-0.2, -0.15) is 12.6 Å². The Balaban J connectivity index is 2.73. The molecule has 1 aromatic rings. The van der Waals surface area contributed by atoms with Gasteiger partial charge in [0.1, 0.15) is 23.9 Å². The van der Waals surface area contributed by atoms with E-state index in [1.54, 1.807) is 26.0 Å². The maximum atomic E-state index is 12.5. The third-order valence-corrected chi connectivity index (χ3v) is 4.94. The minimum Gasteiger partial charge on any atom is -0.508 e. The zero-order chi connectivity index (χ0) is 23.7. The lowest BCUT2D eigenvalue weighted by Gasteiger charge is -2.23. The van der Waals surface area contributed by atoms with Gasteiger partial charge in [-0.25, -0.2) is 4.79 Å². The molecule has 0 aliphatic heterocycles. The number of carbonyl (C=O) groups is 4. The minimum absolute atomic E-state index is 0.0197. The van der Waals surface area contributed by atoms with E-state index in [9.17, 15) is 29.4 Å². The smallest absolute Gasteiger partial charge is 0.326 e. The molecule has 1 rings (SSSR count). The summed E-state index contributed by atoms with van der Waals surface area (Å²) in [5.41, 5.74) is 6.34. The Morgan fingerprint density at radius 1 is 0.935 bits per heavy atom. The van der Waals surface area contributed by atoms with E-state index in [1.165, 1.54) is 19.1 Å². The number of carboxylic acids is 1. The van der Waals surface area contributed by atoms with Crippen molar-refractivity contribution in [1.82, 2.24) is 16.0 Å². The van der Waals surface area contributed by atoms with Crippen molar-refractivity contribution in [1.29, 1.82) is 0 Å². The van der Waals surface area contributed by atoms with Gasteiger partial charge in [0.25, 0.3) is 0 Å². The minimum atomic E-state index is -1.26. The lowest BCUT2D eigenvalue weighted by atomic mass is 10.0. The molecule has 172 valence electrons. The van der Waals surface area contributed by atoms with Gasteiger partial charge in [0.05, 0.1) is 6.04 Å². The second-order valence-corrected chi connectivity index (χ2v) is 7.88. The highest BCUT2D eigenvalue weighted by Crippen LogP contribution is 2.11. The molecule has 0 bridgehead atoms. The summed E-state index contributed by atoms with van der Waals surface area (Å²) in [7, 11) is 0. The summed E-state index contributed by atoms with van der Waals surface area (Å²) in [6.45, 7) is 4.99. The number of thiol groups is 1. The fourth-order valence-electron chi connectivity index (χ4n) is 2.51. The molecule has 0 radical (unpaired) electrons. The molecule has 10 nitrogen and oxygen atoms in total. The van der Waals surface area contributed by atoms with Crippen LogP contribution in [0.1, 0.15) is 26.3 Å². The molecule has 0 saturated heterocycles. The Labute approximate surface area is 186 Å². The number of hydrogen-bond acceptors (Lipinski definition) is 7. The molecule has 1 aromatic carbocycles. The Bertz CT molecular complexity index is 786. The highest BCUT2D eigenvalue weighted by atomic mass is 32.1. The largest absolute Gasteiger partial charge is 0.508 e. The zero-order valence-corrected chi connectivity index (χ0v) is 18.6. The van der Waals surface area contributed by atoms with Crippen LogP contribution in [0.3, 0.4) is 0 Å². The summed E-state index contributed by atoms with van der Waals surface area (Å²) in [5.74, 6) is -3.29. The molecule has 7 N–H and O–H groups in total. The SMILES string of the molecule is CC(NC(=O)C(N)C(C)C)C(=O)NC(CS)C(=O)NC(Cc1ccc(O)cc1)C(=O)O. The first kappa shape index (κ1) is 26.2. The predicted molar refractivity (Wildman–Crippen MR) is 118 cm³/mol. The number of amides is 3. The summed E-state index contributed by atoms with van der Waals surface area (Å²) >= 11 is 4.05. The van der Waals surface area contributed by atoms with Crippen LogP contribution in [0.5, 0.6) is 5.75 Å². The van der Waals surface area contributed by atoms with Gasteiger partial charge in [0.15, 0.2) is 0 Å². The molecule has 0 spiro atoms. The number of benzene rings is 1. The quantitative estimate of drug-likeness (QED) is 0.219. The van der Waals surface area contributed by atoms with Gasteiger partial charge >= 0.3 is 5.97 Å². The summed E-state index contributed by atoms with van der Waals surface area (Å²) in [4.78, 5) is 48.5. The molecule has 0 aliphatic rings. The Hall–Kier alpha value is -2.79. The monoisotopic (exact) mass is 454 g/mol. The van der Waals surface area contributed by atoms with E-state index in [4.69, 9.17) is 5.73 Å². The maximum absolute atomic E-state index is 12.5. The molecule has 0 saturated carbocycles. The fourth-order valence-corrected chi connectivity index (χ4v) is 2.77.